The van der Waals surface area contributed by atoms with Gasteiger partial charge in [0.2, 0.25) is 0 Å². The molecule has 0 heterocycles. The predicted octanol–water partition coefficient (Wildman–Crippen LogP) is 11.3. The predicted molar refractivity (Wildman–Crippen MR) is 189 cm³/mol. The molecular weight excluding hydrogens is 732 g/mol. The van der Waals surface area contributed by atoms with Crippen molar-refractivity contribution < 1.29 is 4.21 Å². The molecule has 0 aromatic heterocycles. The Kier molecular flexibility index (Phi) is 17.6. The fourth-order valence-electron chi connectivity index (χ4n) is 7.08. The van der Waals surface area contributed by atoms with Gasteiger partial charge in [-0.15, -0.1) is 0 Å². The third-order valence-corrected chi connectivity index (χ3v) is 44.0. The van der Waals surface area contributed by atoms with Crippen LogP contribution in [0.15, 0.2) is 58.3 Å². The van der Waals surface area contributed by atoms with E-state index in [0.717, 1.165) is 9.79 Å². The van der Waals surface area contributed by atoms with E-state index in [1.165, 1.54) is 111 Å². The van der Waals surface area contributed by atoms with Gasteiger partial charge in [0, 0.05) is 0 Å². The van der Waals surface area contributed by atoms with E-state index in [9.17, 15) is 4.78 Å². The molecule has 232 valence electrons. The van der Waals surface area contributed by atoms with Crippen molar-refractivity contribution in [3.63, 3.8) is 0 Å². The Morgan fingerprint density at radius 3 is 0.976 bits per heavy atom. The molecule has 0 saturated carbocycles. The summed E-state index contributed by atoms with van der Waals surface area (Å²) in [6.45, 7) is 13.9. The molecule has 0 spiro atoms. The van der Waals surface area contributed by atoms with Gasteiger partial charge in [-0.25, -0.2) is 0 Å². The van der Waals surface area contributed by atoms with Crippen molar-refractivity contribution in [2.24, 2.45) is 0 Å². The SMILES string of the molecule is CCC[CH2][Sn]([CH2]CCC)([CH2]CCC)[c]1ccccc1S(=N)(=O)c1cccc[c]1[Sn]([CH2]CCC)([CH2]CCC)[CH2]CCC. The average Bonchev–Trinajstić information content (AvgIpc) is 3.01. The first-order chi connectivity index (χ1) is 19.8. The zero-order chi connectivity index (χ0) is 30.2. The molecule has 0 radical (unpaired) electrons. The maximum absolute atomic E-state index is 15.3. The molecule has 0 aliphatic carbocycles. The summed E-state index contributed by atoms with van der Waals surface area (Å²) >= 11 is -5.84. The van der Waals surface area contributed by atoms with Crippen molar-refractivity contribution in [2.75, 3.05) is 0 Å². The molecule has 0 amide bonds. The molecule has 0 bridgehead atoms. The topological polar surface area (TPSA) is 40.9 Å². The van der Waals surface area contributed by atoms with Gasteiger partial charge in [-0.05, 0) is 0 Å². The molecular formula is C36H63NOSSn2. The van der Waals surface area contributed by atoms with E-state index in [0.29, 0.717) is 0 Å². The number of hydrogen-bond donors (Lipinski definition) is 1. The molecule has 2 aromatic rings. The van der Waals surface area contributed by atoms with Gasteiger partial charge in [0.05, 0.1) is 0 Å². The normalized spacial score (nSPS) is 12.6. The van der Waals surface area contributed by atoms with Gasteiger partial charge in [-0.1, -0.05) is 0 Å². The van der Waals surface area contributed by atoms with Crippen LogP contribution >= 0.6 is 0 Å². The molecule has 0 aliphatic heterocycles. The van der Waals surface area contributed by atoms with Crippen molar-refractivity contribution >= 4 is 53.6 Å². The van der Waals surface area contributed by atoms with Crippen molar-refractivity contribution in [1.82, 2.24) is 0 Å². The first-order valence-electron chi connectivity index (χ1n) is 17.3. The Hall–Kier alpha value is -0.0126. The Labute approximate surface area is 264 Å². The minimum absolute atomic E-state index is 0.910. The number of rotatable bonds is 22. The Morgan fingerprint density at radius 1 is 0.488 bits per heavy atom. The minimum atomic E-state index is -3.11. The molecule has 1 N–H and O–H groups in total. The number of benzene rings is 2. The molecule has 41 heavy (non-hydrogen) atoms. The summed E-state index contributed by atoms with van der Waals surface area (Å²) in [5, 5.41) is 0. The summed E-state index contributed by atoms with van der Waals surface area (Å²) in [6, 6.07) is 17.5. The molecule has 0 aliphatic rings. The summed E-state index contributed by atoms with van der Waals surface area (Å²) in [4.78, 5) is 1.82. The second kappa shape index (κ2) is 19.4. The third kappa shape index (κ3) is 9.99. The monoisotopic (exact) mass is 797 g/mol. The molecule has 0 fully saturated rings. The first-order valence-corrected chi connectivity index (χ1v) is 33.8. The van der Waals surface area contributed by atoms with Gasteiger partial charge in [0.25, 0.3) is 0 Å². The van der Waals surface area contributed by atoms with E-state index in [1.807, 2.05) is 0 Å². The van der Waals surface area contributed by atoms with Crippen LogP contribution in [0.4, 0.5) is 0 Å². The van der Waals surface area contributed by atoms with Crippen LogP contribution in [0, 0.1) is 4.78 Å². The summed E-state index contributed by atoms with van der Waals surface area (Å²) < 4.78 is 36.1. The molecule has 0 saturated heterocycles. The van der Waals surface area contributed by atoms with Gasteiger partial charge < -0.3 is 0 Å². The van der Waals surface area contributed by atoms with Crippen molar-refractivity contribution in [3.05, 3.63) is 48.5 Å². The fourth-order valence-corrected chi connectivity index (χ4v) is 46.5. The van der Waals surface area contributed by atoms with Crippen LogP contribution in [0.3, 0.4) is 0 Å². The van der Waals surface area contributed by atoms with E-state index in [4.69, 9.17) is 0 Å². The molecule has 2 rings (SSSR count). The summed E-state index contributed by atoms with van der Waals surface area (Å²) in [7, 11) is -3.11. The molecule has 0 unspecified atom stereocenters. The Morgan fingerprint density at radius 2 is 0.732 bits per heavy atom. The van der Waals surface area contributed by atoms with Crippen LogP contribution in [-0.4, -0.2) is 41.0 Å². The van der Waals surface area contributed by atoms with E-state index in [-0.39, 0.29) is 0 Å². The van der Waals surface area contributed by atoms with Crippen LogP contribution in [0.5, 0.6) is 0 Å². The fraction of sp³-hybridized carbons (Fsp3) is 0.667. The summed E-state index contributed by atoms with van der Waals surface area (Å²) in [6.07, 6.45) is 15.0. The van der Waals surface area contributed by atoms with Crippen LogP contribution in [0.25, 0.3) is 0 Å². The molecule has 2 aromatic carbocycles. The van der Waals surface area contributed by atoms with Gasteiger partial charge in [-0.2, -0.15) is 0 Å². The average molecular weight is 795 g/mol. The van der Waals surface area contributed by atoms with E-state index < -0.39 is 46.5 Å². The third-order valence-electron chi connectivity index (χ3n) is 9.59. The molecule has 0 atom stereocenters. The zero-order valence-corrected chi connectivity index (χ0v) is 34.2. The van der Waals surface area contributed by atoms with Crippen LogP contribution in [0.2, 0.25) is 26.6 Å². The van der Waals surface area contributed by atoms with Crippen LogP contribution in [-0.2, 0) is 9.73 Å². The number of unbranched alkanes of at least 4 members (excludes halogenated alkanes) is 6. The van der Waals surface area contributed by atoms with Gasteiger partial charge in [0.1, 0.15) is 0 Å². The van der Waals surface area contributed by atoms with Gasteiger partial charge in [0.15, 0.2) is 0 Å². The van der Waals surface area contributed by atoms with E-state index in [1.54, 1.807) is 0 Å². The zero-order valence-electron chi connectivity index (χ0n) is 27.7. The Balaban J connectivity index is 2.84. The molecule has 2 nitrogen and oxygen atoms in total. The Bertz CT molecular complexity index is 989. The van der Waals surface area contributed by atoms with Crippen molar-refractivity contribution in [2.45, 2.75) is 155 Å². The first kappa shape index (κ1) is 37.2. The van der Waals surface area contributed by atoms with Crippen molar-refractivity contribution in [1.29, 1.82) is 4.78 Å². The van der Waals surface area contributed by atoms with Crippen LogP contribution < -0.4 is 7.16 Å². The van der Waals surface area contributed by atoms with E-state index >= 15 is 4.21 Å². The van der Waals surface area contributed by atoms with E-state index in [2.05, 4.69) is 90.1 Å². The quantitative estimate of drug-likeness (QED) is 0.119. The van der Waals surface area contributed by atoms with Crippen LogP contribution in [0.1, 0.15) is 119 Å². The maximum atomic E-state index is 15.3. The van der Waals surface area contributed by atoms with Gasteiger partial charge >= 0.3 is 266 Å². The standard InChI is InChI=1S/C12H9NOS.6C4H9.2Sn/c13-15(14,11-7-3-1-4-8-11)12-9-5-2-6-10-12;6*1-3-4-2;;/h1-7,9,13H;6*1,3-4H2,2H3;;. The summed E-state index contributed by atoms with van der Waals surface area (Å²) in [5.41, 5.74) is 0. The molecule has 5 heteroatoms. The number of nitrogens with one attached hydrogen (secondary N) is 1. The van der Waals surface area contributed by atoms with Crippen molar-refractivity contribution in [3.8, 4) is 0 Å². The second-order valence-corrected chi connectivity index (χ2v) is 41.0. The number of hydrogen-bond acceptors (Lipinski definition) is 2. The van der Waals surface area contributed by atoms with Gasteiger partial charge in [-0.3, -0.25) is 0 Å². The second-order valence-electron chi connectivity index (χ2n) is 12.7. The summed E-state index contributed by atoms with van der Waals surface area (Å²) in [5.74, 6) is 0.